The van der Waals surface area contributed by atoms with Gasteiger partial charge in [0.05, 0.1) is 0 Å². The van der Waals surface area contributed by atoms with E-state index in [-0.39, 0.29) is 0 Å². The molecule has 0 atom stereocenters. The second-order valence-electron chi connectivity index (χ2n) is 6.50. The summed E-state index contributed by atoms with van der Waals surface area (Å²) in [6.07, 6.45) is 4.07. The van der Waals surface area contributed by atoms with Crippen LogP contribution in [-0.2, 0) is 0 Å². The number of piperidine rings is 1. The van der Waals surface area contributed by atoms with Crippen LogP contribution in [0.3, 0.4) is 0 Å². The molecular weight excluding hydrogens is 196 g/mol. The highest BCUT2D eigenvalue weighted by atomic mass is 15.1. The summed E-state index contributed by atoms with van der Waals surface area (Å²) >= 11 is 0. The van der Waals surface area contributed by atoms with Crippen LogP contribution in [-0.4, -0.2) is 37.6 Å². The maximum Gasteiger partial charge on any atom is 0.00327 e. The van der Waals surface area contributed by atoms with E-state index in [2.05, 4.69) is 37.9 Å². The smallest absolute Gasteiger partial charge is 0.00327 e. The first-order chi connectivity index (χ1) is 7.49. The zero-order chi connectivity index (χ0) is 12.0. The minimum atomic E-state index is 0.545. The molecule has 16 heavy (non-hydrogen) atoms. The van der Waals surface area contributed by atoms with Crippen molar-refractivity contribution in [1.29, 1.82) is 0 Å². The van der Waals surface area contributed by atoms with Crippen molar-refractivity contribution in [3.05, 3.63) is 0 Å². The van der Waals surface area contributed by atoms with E-state index in [1.54, 1.807) is 0 Å². The molecular formula is C14H30N2. The zero-order valence-electron chi connectivity index (χ0n) is 11.7. The Labute approximate surface area is 102 Å². The summed E-state index contributed by atoms with van der Waals surface area (Å²) in [5.74, 6) is 0.772. The van der Waals surface area contributed by atoms with Crippen LogP contribution >= 0.6 is 0 Å². The minimum absolute atomic E-state index is 0.545. The molecule has 1 heterocycles. The maximum absolute atomic E-state index is 3.52. The van der Waals surface area contributed by atoms with Gasteiger partial charge in [-0.15, -0.1) is 0 Å². The number of hydrogen-bond donors (Lipinski definition) is 1. The number of nitrogens with zero attached hydrogens (tertiary/aromatic N) is 1. The van der Waals surface area contributed by atoms with Crippen LogP contribution in [0, 0.1) is 11.3 Å². The number of rotatable bonds is 6. The van der Waals surface area contributed by atoms with Crippen molar-refractivity contribution in [2.24, 2.45) is 11.3 Å². The summed E-state index contributed by atoms with van der Waals surface area (Å²) in [6.45, 7) is 15.5. The van der Waals surface area contributed by atoms with Crippen molar-refractivity contribution in [2.75, 3.05) is 32.7 Å². The Morgan fingerprint density at radius 1 is 1.31 bits per heavy atom. The van der Waals surface area contributed by atoms with E-state index in [1.807, 2.05) is 0 Å². The molecule has 0 radical (unpaired) electrons. The summed E-state index contributed by atoms with van der Waals surface area (Å²) in [6, 6.07) is 0. The van der Waals surface area contributed by atoms with Crippen molar-refractivity contribution < 1.29 is 0 Å². The lowest BCUT2D eigenvalue weighted by Crippen LogP contribution is -2.41. The predicted octanol–water partition coefficient (Wildman–Crippen LogP) is 2.74. The highest BCUT2D eigenvalue weighted by Crippen LogP contribution is 2.28. The topological polar surface area (TPSA) is 15.3 Å². The van der Waals surface area contributed by atoms with E-state index < -0.39 is 0 Å². The van der Waals surface area contributed by atoms with Gasteiger partial charge in [-0.25, -0.2) is 0 Å². The standard InChI is InChI=1S/C14H30N2/c1-13(2)11-15-8-6-10-16-9-5-7-14(3,4)12-16/h13,15H,5-12H2,1-4H3. The molecule has 1 aliphatic heterocycles. The molecule has 1 fully saturated rings. The van der Waals surface area contributed by atoms with Gasteiger partial charge >= 0.3 is 0 Å². The normalized spacial score (nSPS) is 21.6. The lowest BCUT2D eigenvalue weighted by molar-refractivity contribution is 0.116. The molecule has 96 valence electrons. The van der Waals surface area contributed by atoms with Gasteiger partial charge in [0.1, 0.15) is 0 Å². The van der Waals surface area contributed by atoms with Crippen molar-refractivity contribution in [1.82, 2.24) is 10.2 Å². The minimum Gasteiger partial charge on any atom is -0.316 e. The van der Waals surface area contributed by atoms with E-state index >= 15 is 0 Å². The fraction of sp³-hybridized carbons (Fsp3) is 1.00. The average Bonchev–Trinajstić information content (AvgIpc) is 2.15. The molecule has 0 amide bonds. The van der Waals surface area contributed by atoms with Gasteiger partial charge in [-0.3, -0.25) is 0 Å². The van der Waals surface area contributed by atoms with Gasteiger partial charge in [0, 0.05) is 6.54 Å². The lowest BCUT2D eigenvalue weighted by Gasteiger charge is -2.38. The zero-order valence-corrected chi connectivity index (χ0v) is 11.7. The average molecular weight is 226 g/mol. The molecule has 2 nitrogen and oxygen atoms in total. The van der Waals surface area contributed by atoms with Crippen LogP contribution in [0.5, 0.6) is 0 Å². The Balaban J connectivity index is 2.04. The Bertz CT molecular complexity index is 187. The first-order valence-electron chi connectivity index (χ1n) is 6.93. The first kappa shape index (κ1) is 14.0. The second kappa shape index (κ2) is 6.61. The van der Waals surface area contributed by atoms with Crippen LogP contribution in [0.2, 0.25) is 0 Å². The summed E-state index contributed by atoms with van der Waals surface area (Å²) in [5, 5.41) is 3.52. The summed E-state index contributed by atoms with van der Waals surface area (Å²) in [5.41, 5.74) is 0.545. The van der Waals surface area contributed by atoms with E-state index in [4.69, 9.17) is 0 Å². The summed E-state index contributed by atoms with van der Waals surface area (Å²) < 4.78 is 0. The monoisotopic (exact) mass is 226 g/mol. The second-order valence-corrected chi connectivity index (χ2v) is 6.50. The fourth-order valence-corrected chi connectivity index (χ4v) is 2.55. The third kappa shape index (κ3) is 5.86. The van der Waals surface area contributed by atoms with Gasteiger partial charge in [0.15, 0.2) is 0 Å². The molecule has 0 aromatic heterocycles. The van der Waals surface area contributed by atoms with Crippen LogP contribution in [0.4, 0.5) is 0 Å². The molecule has 1 rings (SSSR count). The van der Waals surface area contributed by atoms with Gasteiger partial charge in [-0.2, -0.15) is 0 Å². The summed E-state index contributed by atoms with van der Waals surface area (Å²) in [4.78, 5) is 2.64. The Kier molecular flexibility index (Phi) is 5.77. The summed E-state index contributed by atoms with van der Waals surface area (Å²) in [7, 11) is 0. The van der Waals surface area contributed by atoms with Gasteiger partial charge in [-0.05, 0) is 56.8 Å². The molecule has 0 aromatic rings. The molecule has 0 saturated carbocycles. The SMILES string of the molecule is CC(C)CNCCCN1CCCC(C)(C)C1. The van der Waals surface area contributed by atoms with E-state index in [0.717, 1.165) is 12.5 Å². The third-order valence-corrected chi connectivity index (χ3v) is 3.36. The molecule has 0 spiro atoms. The largest absolute Gasteiger partial charge is 0.316 e. The van der Waals surface area contributed by atoms with Crippen LogP contribution < -0.4 is 5.32 Å². The molecule has 0 unspecified atom stereocenters. The number of hydrogen-bond acceptors (Lipinski definition) is 2. The highest BCUT2D eigenvalue weighted by molar-refractivity contribution is 4.79. The van der Waals surface area contributed by atoms with Crippen molar-refractivity contribution >= 4 is 0 Å². The van der Waals surface area contributed by atoms with Crippen LogP contribution in [0.15, 0.2) is 0 Å². The molecule has 1 N–H and O–H groups in total. The first-order valence-corrected chi connectivity index (χ1v) is 6.93. The molecule has 0 aromatic carbocycles. The Morgan fingerprint density at radius 2 is 2.06 bits per heavy atom. The van der Waals surface area contributed by atoms with Crippen LogP contribution in [0.25, 0.3) is 0 Å². The molecule has 2 heteroatoms. The van der Waals surface area contributed by atoms with Crippen LogP contribution in [0.1, 0.15) is 47.0 Å². The van der Waals surface area contributed by atoms with Crippen molar-refractivity contribution in [3.63, 3.8) is 0 Å². The highest BCUT2D eigenvalue weighted by Gasteiger charge is 2.25. The molecule has 1 aliphatic rings. The van der Waals surface area contributed by atoms with Crippen molar-refractivity contribution in [3.8, 4) is 0 Å². The number of likely N-dealkylation sites (tertiary alicyclic amines) is 1. The Morgan fingerprint density at radius 3 is 2.69 bits per heavy atom. The van der Waals surface area contributed by atoms with E-state index in [0.29, 0.717) is 5.41 Å². The maximum atomic E-state index is 3.52. The predicted molar refractivity (Wildman–Crippen MR) is 71.8 cm³/mol. The van der Waals surface area contributed by atoms with Gasteiger partial charge in [0.25, 0.3) is 0 Å². The van der Waals surface area contributed by atoms with Gasteiger partial charge in [-0.1, -0.05) is 27.7 Å². The van der Waals surface area contributed by atoms with Gasteiger partial charge < -0.3 is 10.2 Å². The molecule has 1 saturated heterocycles. The van der Waals surface area contributed by atoms with E-state index in [9.17, 15) is 0 Å². The van der Waals surface area contributed by atoms with Gasteiger partial charge in [0.2, 0.25) is 0 Å². The Hall–Kier alpha value is -0.0800. The molecule has 0 aliphatic carbocycles. The van der Waals surface area contributed by atoms with E-state index in [1.165, 1.54) is 45.4 Å². The third-order valence-electron chi connectivity index (χ3n) is 3.36. The fourth-order valence-electron chi connectivity index (χ4n) is 2.55. The number of nitrogens with one attached hydrogen (secondary N) is 1. The van der Waals surface area contributed by atoms with Crippen molar-refractivity contribution in [2.45, 2.75) is 47.0 Å². The lowest BCUT2D eigenvalue weighted by atomic mass is 9.84. The molecule has 0 bridgehead atoms. The quantitative estimate of drug-likeness (QED) is 0.701.